The van der Waals surface area contributed by atoms with Gasteiger partial charge in [-0.3, -0.25) is 9.69 Å². The van der Waals surface area contributed by atoms with Crippen LogP contribution in [0.15, 0.2) is 27.3 Å². The number of furan rings is 1. The molecule has 6 nitrogen and oxygen atoms in total. The van der Waals surface area contributed by atoms with Gasteiger partial charge in [0.25, 0.3) is 0 Å². The molecule has 25 heavy (non-hydrogen) atoms. The van der Waals surface area contributed by atoms with E-state index in [1.807, 2.05) is 26.0 Å². The Hall–Kier alpha value is -2.08. The largest absolute Gasteiger partial charge is 0.468 e. The summed E-state index contributed by atoms with van der Waals surface area (Å²) in [6, 6.07) is 4.01. The highest BCUT2D eigenvalue weighted by Gasteiger charge is 2.25. The molecular formula is C19H27N3O3. The van der Waals surface area contributed by atoms with Crippen LogP contribution in [0, 0.1) is 13.8 Å². The number of nitrogens with zero attached hydrogens (tertiary/aromatic N) is 2. The van der Waals surface area contributed by atoms with Gasteiger partial charge in [-0.05, 0) is 58.3 Å². The molecule has 0 bridgehead atoms. The molecule has 0 radical (unpaired) electrons. The van der Waals surface area contributed by atoms with Gasteiger partial charge in [-0.25, -0.2) is 0 Å². The zero-order valence-corrected chi connectivity index (χ0v) is 15.1. The minimum absolute atomic E-state index is 0.0496. The van der Waals surface area contributed by atoms with Gasteiger partial charge in [-0.15, -0.1) is 0 Å². The number of likely N-dealkylation sites (tertiary alicyclic amines) is 1. The van der Waals surface area contributed by atoms with Crippen molar-refractivity contribution in [3.05, 3.63) is 41.2 Å². The van der Waals surface area contributed by atoms with Crippen molar-refractivity contribution in [3.63, 3.8) is 0 Å². The lowest BCUT2D eigenvalue weighted by Crippen LogP contribution is -2.40. The van der Waals surface area contributed by atoms with E-state index in [0.717, 1.165) is 35.9 Å². The number of piperidine rings is 1. The fourth-order valence-corrected chi connectivity index (χ4v) is 3.52. The Kier molecular flexibility index (Phi) is 5.91. The molecule has 1 fully saturated rings. The summed E-state index contributed by atoms with van der Waals surface area (Å²) < 4.78 is 10.8. The van der Waals surface area contributed by atoms with Gasteiger partial charge in [0.05, 0.1) is 18.0 Å². The maximum atomic E-state index is 12.3. The number of carbonyl (C=O) groups excluding carboxylic acids is 1. The van der Waals surface area contributed by atoms with Gasteiger partial charge in [0.1, 0.15) is 11.5 Å². The molecule has 6 heteroatoms. The van der Waals surface area contributed by atoms with Crippen LogP contribution in [-0.2, 0) is 11.2 Å². The molecule has 2 aromatic heterocycles. The summed E-state index contributed by atoms with van der Waals surface area (Å²) in [7, 11) is 0. The molecule has 0 spiro atoms. The third-order valence-corrected chi connectivity index (χ3v) is 4.98. The summed E-state index contributed by atoms with van der Waals surface area (Å²) in [6.07, 6.45) is 6.49. The van der Waals surface area contributed by atoms with Gasteiger partial charge in [0.2, 0.25) is 5.91 Å². The Labute approximate surface area is 148 Å². The SMILES string of the molecule is Cc1noc(C)c1CCC(=O)NC[C@H](c1ccco1)N1CCCCC1. The number of amides is 1. The normalized spacial score (nSPS) is 16.7. The fraction of sp³-hybridized carbons (Fsp3) is 0.579. The van der Waals surface area contributed by atoms with Gasteiger partial charge < -0.3 is 14.3 Å². The van der Waals surface area contributed by atoms with Gasteiger partial charge in [-0.1, -0.05) is 11.6 Å². The lowest BCUT2D eigenvalue weighted by molar-refractivity contribution is -0.121. The van der Waals surface area contributed by atoms with E-state index in [0.29, 0.717) is 19.4 Å². The number of nitrogens with one attached hydrogen (secondary N) is 1. The monoisotopic (exact) mass is 345 g/mol. The lowest BCUT2D eigenvalue weighted by atomic mass is 10.1. The molecule has 1 atom stereocenters. The van der Waals surface area contributed by atoms with Crippen LogP contribution in [0.25, 0.3) is 0 Å². The Balaban J connectivity index is 1.54. The molecule has 0 aromatic carbocycles. The number of rotatable bonds is 7. The molecule has 136 valence electrons. The highest BCUT2D eigenvalue weighted by molar-refractivity contribution is 5.76. The first-order valence-electron chi connectivity index (χ1n) is 9.11. The topological polar surface area (TPSA) is 71.5 Å². The van der Waals surface area contributed by atoms with Crippen molar-refractivity contribution in [1.82, 2.24) is 15.4 Å². The van der Waals surface area contributed by atoms with Crippen LogP contribution in [0.1, 0.15) is 54.5 Å². The van der Waals surface area contributed by atoms with E-state index in [2.05, 4.69) is 15.4 Å². The van der Waals surface area contributed by atoms with E-state index < -0.39 is 0 Å². The Morgan fingerprint density at radius 3 is 2.76 bits per heavy atom. The van der Waals surface area contributed by atoms with Crippen molar-refractivity contribution in [2.75, 3.05) is 19.6 Å². The van der Waals surface area contributed by atoms with Crippen molar-refractivity contribution in [2.45, 2.75) is 52.0 Å². The number of aryl methyl sites for hydroxylation is 2. The first-order chi connectivity index (χ1) is 12.1. The van der Waals surface area contributed by atoms with Crippen LogP contribution in [0.2, 0.25) is 0 Å². The fourth-order valence-electron chi connectivity index (χ4n) is 3.52. The quantitative estimate of drug-likeness (QED) is 0.834. The second-order valence-electron chi connectivity index (χ2n) is 6.73. The molecule has 0 unspecified atom stereocenters. The van der Waals surface area contributed by atoms with Crippen LogP contribution < -0.4 is 5.32 Å². The van der Waals surface area contributed by atoms with E-state index in [9.17, 15) is 4.79 Å². The maximum absolute atomic E-state index is 12.3. The van der Waals surface area contributed by atoms with E-state index >= 15 is 0 Å². The van der Waals surface area contributed by atoms with Crippen molar-refractivity contribution >= 4 is 5.91 Å². The zero-order chi connectivity index (χ0) is 17.6. The number of hydrogen-bond donors (Lipinski definition) is 1. The molecule has 1 aliphatic rings. The summed E-state index contributed by atoms with van der Waals surface area (Å²) >= 11 is 0. The van der Waals surface area contributed by atoms with Gasteiger partial charge >= 0.3 is 0 Å². The van der Waals surface area contributed by atoms with Crippen molar-refractivity contribution in [1.29, 1.82) is 0 Å². The lowest BCUT2D eigenvalue weighted by Gasteiger charge is -2.33. The molecule has 3 rings (SSSR count). The number of aromatic nitrogens is 1. The van der Waals surface area contributed by atoms with Crippen LogP contribution in [0.5, 0.6) is 0 Å². The third kappa shape index (κ3) is 4.51. The molecule has 1 amide bonds. The second-order valence-corrected chi connectivity index (χ2v) is 6.73. The van der Waals surface area contributed by atoms with Crippen molar-refractivity contribution in [2.24, 2.45) is 0 Å². The molecule has 1 N–H and O–H groups in total. The number of carbonyl (C=O) groups is 1. The van der Waals surface area contributed by atoms with Crippen LogP contribution in [0.3, 0.4) is 0 Å². The van der Waals surface area contributed by atoms with Gasteiger partial charge in [0, 0.05) is 18.5 Å². The predicted octanol–water partition coefficient (Wildman–Crippen LogP) is 3.16. The summed E-state index contributed by atoms with van der Waals surface area (Å²) in [5, 5.41) is 7.02. The molecule has 3 heterocycles. The molecule has 0 aliphatic carbocycles. The minimum Gasteiger partial charge on any atom is -0.468 e. The zero-order valence-electron chi connectivity index (χ0n) is 15.1. The molecule has 1 aliphatic heterocycles. The summed E-state index contributed by atoms with van der Waals surface area (Å²) in [6.45, 7) is 6.48. The van der Waals surface area contributed by atoms with Crippen LogP contribution in [-0.4, -0.2) is 35.6 Å². The van der Waals surface area contributed by atoms with Gasteiger partial charge in [0.15, 0.2) is 0 Å². The van der Waals surface area contributed by atoms with E-state index in [1.54, 1.807) is 6.26 Å². The summed E-state index contributed by atoms with van der Waals surface area (Å²) in [4.78, 5) is 14.7. The summed E-state index contributed by atoms with van der Waals surface area (Å²) in [5.41, 5.74) is 1.90. The first-order valence-corrected chi connectivity index (χ1v) is 9.11. The highest BCUT2D eigenvalue weighted by Crippen LogP contribution is 2.24. The smallest absolute Gasteiger partial charge is 0.220 e. The average molecular weight is 345 g/mol. The Morgan fingerprint density at radius 1 is 1.32 bits per heavy atom. The molecule has 0 saturated carbocycles. The number of hydrogen-bond acceptors (Lipinski definition) is 5. The molecular weight excluding hydrogens is 318 g/mol. The van der Waals surface area contributed by atoms with Gasteiger partial charge in [-0.2, -0.15) is 0 Å². The maximum Gasteiger partial charge on any atom is 0.220 e. The Morgan fingerprint density at radius 2 is 2.12 bits per heavy atom. The van der Waals surface area contributed by atoms with Crippen molar-refractivity contribution < 1.29 is 13.7 Å². The highest BCUT2D eigenvalue weighted by atomic mass is 16.5. The first kappa shape index (κ1) is 17.7. The minimum atomic E-state index is 0.0496. The molecule has 1 saturated heterocycles. The Bertz CT molecular complexity index is 653. The average Bonchev–Trinajstić information content (AvgIpc) is 3.25. The molecule has 2 aromatic rings. The van der Waals surface area contributed by atoms with E-state index in [4.69, 9.17) is 8.94 Å². The standard InChI is InChI=1S/C19H27N3O3/c1-14-16(15(2)25-21-14)8-9-19(23)20-13-17(18-7-6-12-24-18)22-10-4-3-5-11-22/h6-7,12,17H,3-5,8-11,13H2,1-2H3,(H,20,23)/t17-/m1/s1. The van der Waals surface area contributed by atoms with Crippen LogP contribution >= 0.6 is 0 Å². The third-order valence-electron chi connectivity index (χ3n) is 4.98. The summed E-state index contributed by atoms with van der Waals surface area (Å²) in [5.74, 6) is 1.77. The van der Waals surface area contributed by atoms with E-state index in [-0.39, 0.29) is 11.9 Å². The van der Waals surface area contributed by atoms with E-state index in [1.165, 1.54) is 19.3 Å². The second kappa shape index (κ2) is 8.34. The van der Waals surface area contributed by atoms with Crippen LogP contribution in [0.4, 0.5) is 0 Å². The van der Waals surface area contributed by atoms with Crippen molar-refractivity contribution in [3.8, 4) is 0 Å². The predicted molar refractivity (Wildman–Crippen MR) is 94.2 cm³/mol.